The van der Waals surface area contributed by atoms with Gasteiger partial charge < -0.3 is 5.73 Å². The average Bonchev–Trinajstić information content (AvgIpc) is 2.44. The third kappa shape index (κ3) is 2.94. The third-order valence-electron chi connectivity index (χ3n) is 3.26. The monoisotopic (exact) mass is 269 g/mol. The molecule has 0 aliphatic carbocycles. The minimum Gasteiger partial charge on any atom is -0.381 e. The van der Waals surface area contributed by atoms with Crippen molar-refractivity contribution in [2.45, 2.75) is 26.7 Å². The van der Waals surface area contributed by atoms with E-state index in [0.29, 0.717) is 18.4 Å². The van der Waals surface area contributed by atoms with Crippen LogP contribution in [-0.4, -0.2) is 9.97 Å². The molecule has 20 heavy (non-hydrogen) atoms. The van der Waals surface area contributed by atoms with Crippen LogP contribution in [0.4, 0.5) is 10.2 Å². The first kappa shape index (κ1) is 14.0. The van der Waals surface area contributed by atoms with E-state index < -0.39 is 5.82 Å². The van der Waals surface area contributed by atoms with Gasteiger partial charge in [-0.1, -0.05) is 5.92 Å². The van der Waals surface area contributed by atoms with Gasteiger partial charge in [-0.25, -0.2) is 9.37 Å². The van der Waals surface area contributed by atoms with Crippen LogP contribution in [0.1, 0.15) is 29.2 Å². The van der Waals surface area contributed by atoms with E-state index >= 15 is 0 Å². The molecule has 0 atom stereocenters. The number of nitrogens with zero attached hydrogens (tertiary/aromatic N) is 2. The SMILES string of the molecule is CC#CCc1cncc(Cc2ccnc(N)c2F)c1C. The maximum Gasteiger partial charge on any atom is 0.168 e. The van der Waals surface area contributed by atoms with Crippen LogP contribution < -0.4 is 5.73 Å². The maximum atomic E-state index is 13.9. The first-order chi connectivity index (χ1) is 9.63. The summed E-state index contributed by atoms with van der Waals surface area (Å²) in [6.07, 6.45) is 6.19. The molecule has 2 N–H and O–H groups in total. The fraction of sp³-hybridized carbons (Fsp3) is 0.250. The summed E-state index contributed by atoms with van der Waals surface area (Å²) in [5.74, 6) is 5.37. The van der Waals surface area contributed by atoms with Crippen LogP contribution in [-0.2, 0) is 12.8 Å². The number of halogens is 1. The van der Waals surface area contributed by atoms with Gasteiger partial charge in [0.2, 0.25) is 0 Å². The van der Waals surface area contributed by atoms with Crippen molar-refractivity contribution in [1.29, 1.82) is 0 Å². The highest BCUT2D eigenvalue weighted by atomic mass is 19.1. The van der Waals surface area contributed by atoms with Crippen LogP contribution in [0.15, 0.2) is 24.7 Å². The van der Waals surface area contributed by atoms with Crippen LogP contribution in [0, 0.1) is 24.6 Å². The van der Waals surface area contributed by atoms with Crippen molar-refractivity contribution >= 4 is 5.82 Å². The fourth-order valence-electron chi connectivity index (χ4n) is 2.00. The minimum absolute atomic E-state index is 0.0684. The van der Waals surface area contributed by atoms with E-state index in [9.17, 15) is 4.39 Å². The topological polar surface area (TPSA) is 51.8 Å². The Balaban J connectivity index is 2.33. The summed E-state index contributed by atoms with van der Waals surface area (Å²) in [4.78, 5) is 7.94. The van der Waals surface area contributed by atoms with E-state index in [1.165, 1.54) is 6.20 Å². The molecule has 0 radical (unpaired) electrons. The molecule has 0 aliphatic heterocycles. The van der Waals surface area contributed by atoms with Crippen LogP contribution >= 0.6 is 0 Å². The highest BCUT2D eigenvalue weighted by Crippen LogP contribution is 2.20. The Labute approximate surface area is 118 Å². The van der Waals surface area contributed by atoms with Gasteiger partial charge in [0.05, 0.1) is 0 Å². The Morgan fingerprint density at radius 2 is 2.00 bits per heavy atom. The molecule has 2 aromatic heterocycles. The highest BCUT2D eigenvalue weighted by Gasteiger charge is 2.10. The van der Waals surface area contributed by atoms with Gasteiger partial charge in [0.15, 0.2) is 11.6 Å². The molecule has 2 heterocycles. The first-order valence-corrected chi connectivity index (χ1v) is 6.34. The molecule has 2 aromatic rings. The molecule has 2 rings (SSSR count). The second-order valence-electron chi connectivity index (χ2n) is 4.53. The van der Waals surface area contributed by atoms with Gasteiger partial charge in [-0.05, 0) is 42.2 Å². The number of aromatic nitrogens is 2. The van der Waals surface area contributed by atoms with E-state index in [1.54, 1.807) is 18.5 Å². The maximum absolute atomic E-state index is 13.9. The predicted octanol–water partition coefficient (Wildman–Crippen LogP) is 2.66. The average molecular weight is 269 g/mol. The smallest absolute Gasteiger partial charge is 0.168 e. The lowest BCUT2D eigenvalue weighted by molar-refractivity contribution is 0.613. The number of anilines is 1. The van der Waals surface area contributed by atoms with Crippen LogP contribution in [0.3, 0.4) is 0 Å². The largest absolute Gasteiger partial charge is 0.381 e. The first-order valence-electron chi connectivity index (χ1n) is 6.34. The summed E-state index contributed by atoms with van der Waals surface area (Å²) in [5.41, 5.74) is 9.16. The van der Waals surface area contributed by atoms with Crippen molar-refractivity contribution in [2.75, 3.05) is 5.73 Å². The van der Waals surface area contributed by atoms with Crippen LogP contribution in [0.5, 0.6) is 0 Å². The van der Waals surface area contributed by atoms with Crippen molar-refractivity contribution < 1.29 is 4.39 Å². The van der Waals surface area contributed by atoms with Gasteiger partial charge >= 0.3 is 0 Å². The molecule has 0 aromatic carbocycles. The van der Waals surface area contributed by atoms with Gasteiger partial charge in [-0.2, -0.15) is 0 Å². The number of pyridine rings is 2. The lowest BCUT2D eigenvalue weighted by Crippen LogP contribution is -2.03. The molecule has 0 unspecified atom stereocenters. The number of nitrogens with two attached hydrogens (primary N) is 1. The Bertz CT molecular complexity index is 684. The van der Waals surface area contributed by atoms with Crippen molar-refractivity contribution in [3.05, 3.63) is 52.7 Å². The Morgan fingerprint density at radius 1 is 1.25 bits per heavy atom. The molecule has 0 amide bonds. The number of nitrogen functional groups attached to an aromatic ring is 1. The van der Waals surface area contributed by atoms with Gasteiger partial charge in [0.25, 0.3) is 0 Å². The summed E-state index contributed by atoms with van der Waals surface area (Å²) >= 11 is 0. The summed E-state index contributed by atoms with van der Waals surface area (Å²) in [5, 5.41) is 0. The number of rotatable bonds is 3. The molecule has 0 saturated carbocycles. The third-order valence-corrected chi connectivity index (χ3v) is 3.26. The van der Waals surface area contributed by atoms with Crippen molar-refractivity contribution in [3.8, 4) is 11.8 Å². The zero-order valence-electron chi connectivity index (χ0n) is 11.6. The predicted molar refractivity (Wildman–Crippen MR) is 77.5 cm³/mol. The van der Waals surface area contributed by atoms with Crippen LogP contribution in [0.25, 0.3) is 0 Å². The summed E-state index contributed by atoms with van der Waals surface area (Å²) in [7, 11) is 0. The molecule has 102 valence electrons. The van der Waals surface area contributed by atoms with Gasteiger partial charge in [-0.15, -0.1) is 5.92 Å². The Kier molecular flexibility index (Phi) is 4.31. The lowest BCUT2D eigenvalue weighted by atomic mass is 9.98. The highest BCUT2D eigenvalue weighted by molar-refractivity contribution is 5.40. The number of hydrogen-bond acceptors (Lipinski definition) is 3. The Morgan fingerprint density at radius 3 is 2.75 bits per heavy atom. The van der Waals surface area contributed by atoms with E-state index in [2.05, 4.69) is 21.8 Å². The molecular weight excluding hydrogens is 253 g/mol. The Hall–Kier alpha value is -2.41. The quantitative estimate of drug-likeness (QED) is 0.872. The summed E-state index contributed by atoms with van der Waals surface area (Å²) in [6.45, 7) is 3.81. The van der Waals surface area contributed by atoms with Crippen molar-refractivity contribution in [3.63, 3.8) is 0 Å². The lowest BCUT2D eigenvalue weighted by Gasteiger charge is -2.10. The van der Waals surface area contributed by atoms with Crippen molar-refractivity contribution in [1.82, 2.24) is 9.97 Å². The molecule has 0 aliphatic rings. The molecular formula is C16H16FN3. The molecule has 0 fully saturated rings. The van der Waals surface area contributed by atoms with Gasteiger partial charge in [-0.3, -0.25) is 4.98 Å². The van der Waals surface area contributed by atoms with Gasteiger partial charge in [0, 0.05) is 31.4 Å². The van der Waals surface area contributed by atoms with Crippen molar-refractivity contribution in [2.24, 2.45) is 0 Å². The molecule has 0 saturated heterocycles. The standard InChI is InChI=1S/C16H16FN3/c1-3-4-5-13-9-19-10-14(11(13)2)8-12-6-7-20-16(18)15(12)17/h6-7,9-10H,5,8H2,1-2H3,(H2,18,20). The van der Waals surface area contributed by atoms with Gasteiger partial charge in [0.1, 0.15) is 0 Å². The normalized spacial score (nSPS) is 9.95. The number of hydrogen-bond donors (Lipinski definition) is 1. The minimum atomic E-state index is -0.453. The van der Waals surface area contributed by atoms with E-state index in [4.69, 9.17) is 5.73 Å². The second-order valence-corrected chi connectivity index (χ2v) is 4.53. The summed E-state index contributed by atoms with van der Waals surface area (Å²) < 4.78 is 13.9. The molecule has 0 spiro atoms. The fourth-order valence-corrected chi connectivity index (χ4v) is 2.00. The van der Waals surface area contributed by atoms with E-state index in [-0.39, 0.29) is 5.82 Å². The zero-order valence-corrected chi connectivity index (χ0v) is 11.6. The molecule has 4 heteroatoms. The summed E-state index contributed by atoms with van der Waals surface area (Å²) in [6, 6.07) is 1.64. The van der Waals surface area contributed by atoms with E-state index in [1.807, 2.05) is 13.8 Å². The molecule has 0 bridgehead atoms. The zero-order chi connectivity index (χ0) is 14.5. The molecule has 3 nitrogen and oxygen atoms in total. The second kappa shape index (κ2) is 6.16. The van der Waals surface area contributed by atoms with E-state index in [0.717, 1.165) is 16.7 Å². The van der Waals surface area contributed by atoms with Crippen LogP contribution in [0.2, 0.25) is 0 Å².